The molecule has 0 heterocycles. The summed E-state index contributed by atoms with van der Waals surface area (Å²) >= 11 is 0. The fourth-order valence-electron chi connectivity index (χ4n) is 6.81. The molecule has 1 amide bonds. The van der Waals surface area contributed by atoms with Gasteiger partial charge in [0.1, 0.15) is 0 Å². The van der Waals surface area contributed by atoms with Gasteiger partial charge < -0.3 is 20.3 Å². The van der Waals surface area contributed by atoms with Crippen LogP contribution < -0.4 is 5.32 Å². The van der Waals surface area contributed by atoms with E-state index in [1.54, 1.807) is 6.08 Å². The fourth-order valence-corrected chi connectivity index (χ4v) is 6.81. The highest BCUT2D eigenvalue weighted by Gasteiger charge is 2.18. The molecular weight excluding hydrogens is 634 g/mol. The van der Waals surface area contributed by atoms with Gasteiger partial charge in [0.15, 0.2) is 0 Å². The van der Waals surface area contributed by atoms with Gasteiger partial charge in [-0.2, -0.15) is 0 Å². The fraction of sp³-hybridized carbons (Fsp3) is 0.911. The van der Waals surface area contributed by atoms with Gasteiger partial charge in [-0.3, -0.25) is 9.59 Å². The van der Waals surface area contributed by atoms with E-state index in [1.807, 2.05) is 6.08 Å². The minimum Gasteiger partial charge on any atom is -0.466 e. The lowest BCUT2D eigenvalue weighted by Crippen LogP contribution is -2.45. The number of esters is 1. The number of allylic oxidation sites excluding steroid dienone is 1. The number of rotatable bonds is 41. The van der Waals surface area contributed by atoms with Crippen molar-refractivity contribution < 1.29 is 24.5 Å². The number of aliphatic hydroxyl groups is 2. The molecular formula is C45H87NO5. The lowest BCUT2D eigenvalue weighted by molar-refractivity contribution is -0.143. The average molecular weight is 722 g/mol. The molecule has 0 rings (SSSR count). The average Bonchev–Trinajstić information content (AvgIpc) is 3.13. The van der Waals surface area contributed by atoms with Crippen molar-refractivity contribution in [2.24, 2.45) is 0 Å². The summed E-state index contributed by atoms with van der Waals surface area (Å²) in [7, 11) is 0. The van der Waals surface area contributed by atoms with Crippen LogP contribution in [-0.4, -0.2) is 47.4 Å². The Kier molecular flexibility index (Phi) is 40.2. The van der Waals surface area contributed by atoms with Gasteiger partial charge >= 0.3 is 5.97 Å². The topological polar surface area (TPSA) is 95.9 Å². The third-order valence-corrected chi connectivity index (χ3v) is 10.3. The molecule has 0 saturated carbocycles. The molecule has 0 spiro atoms. The molecule has 0 aromatic rings. The van der Waals surface area contributed by atoms with Crippen molar-refractivity contribution in [1.82, 2.24) is 5.32 Å². The first-order chi connectivity index (χ1) is 25.0. The monoisotopic (exact) mass is 722 g/mol. The summed E-state index contributed by atoms with van der Waals surface area (Å²) in [5.74, 6) is -0.0965. The molecule has 2 atom stereocenters. The Morgan fingerprint density at radius 2 is 0.902 bits per heavy atom. The summed E-state index contributed by atoms with van der Waals surface area (Å²) in [4.78, 5) is 24.3. The van der Waals surface area contributed by atoms with Gasteiger partial charge in [0.25, 0.3) is 0 Å². The first-order valence-electron chi connectivity index (χ1n) is 22.5. The molecule has 0 aliphatic rings. The van der Waals surface area contributed by atoms with Crippen molar-refractivity contribution in [3.05, 3.63) is 12.2 Å². The van der Waals surface area contributed by atoms with E-state index < -0.39 is 12.1 Å². The quantitative estimate of drug-likeness (QED) is 0.0332. The minimum absolute atomic E-state index is 0.0102. The number of unbranched alkanes of at least 4 members (excludes halogenated alkanes) is 30. The largest absolute Gasteiger partial charge is 0.466 e. The number of aliphatic hydroxyl groups excluding tert-OH is 2. The first-order valence-corrected chi connectivity index (χ1v) is 22.5. The van der Waals surface area contributed by atoms with Crippen molar-refractivity contribution in [3.8, 4) is 0 Å². The molecule has 3 N–H and O–H groups in total. The van der Waals surface area contributed by atoms with Gasteiger partial charge in [-0.1, -0.05) is 206 Å². The van der Waals surface area contributed by atoms with Crippen LogP contribution in [0.1, 0.15) is 239 Å². The maximum Gasteiger partial charge on any atom is 0.305 e. The zero-order valence-electron chi connectivity index (χ0n) is 34.1. The van der Waals surface area contributed by atoms with Crippen LogP contribution in [0.3, 0.4) is 0 Å². The third-order valence-electron chi connectivity index (χ3n) is 10.3. The Balaban J connectivity index is 3.46. The Bertz CT molecular complexity index is 757. The Labute approximate surface area is 317 Å². The third kappa shape index (κ3) is 38.1. The molecule has 0 aliphatic heterocycles. The maximum absolute atomic E-state index is 12.3. The zero-order valence-corrected chi connectivity index (χ0v) is 34.1. The molecule has 2 unspecified atom stereocenters. The van der Waals surface area contributed by atoms with Crippen LogP contribution in [0.4, 0.5) is 0 Å². The van der Waals surface area contributed by atoms with Crippen LogP contribution in [0.5, 0.6) is 0 Å². The van der Waals surface area contributed by atoms with E-state index in [4.69, 9.17) is 4.74 Å². The van der Waals surface area contributed by atoms with Crippen molar-refractivity contribution >= 4 is 11.9 Å². The van der Waals surface area contributed by atoms with Gasteiger partial charge in [-0.15, -0.1) is 0 Å². The Morgan fingerprint density at radius 1 is 0.529 bits per heavy atom. The molecule has 302 valence electrons. The van der Waals surface area contributed by atoms with Crippen LogP contribution in [-0.2, 0) is 14.3 Å². The van der Waals surface area contributed by atoms with Crippen molar-refractivity contribution in [2.75, 3.05) is 13.2 Å². The number of amides is 1. The molecule has 0 bridgehead atoms. The normalized spacial score (nSPS) is 12.8. The van der Waals surface area contributed by atoms with Gasteiger partial charge in [-0.25, -0.2) is 0 Å². The minimum atomic E-state index is -0.850. The smallest absolute Gasteiger partial charge is 0.305 e. The van der Waals surface area contributed by atoms with Crippen molar-refractivity contribution in [3.63, 3.8) is 0 Å². The molecule has 6 nitrogen and oxygen atoms in total. The van der Waals surface area contributed by atoms with Crippen LogP contribution in [0.25, 0.3) is 0 Å². The predicted molar refractivity (Wildman–Crippen MR) is 218 cm³/mol. The van der Waals surface area contributed by atoms with Gasteiger partial charge in [0.2, 0.25) is 5.91 Å². The van der Waals surface area contributed by atoms with Crippen LogP contribution in [0, 0.1) is 0 Å². The standard InChI is InChI=1S/C45H87NO5/c1-3-5-7-9-11-13-14-15-19-23-27-31-35-39-45(50)51-40-36-32-28-24-20-17-16-18-22-26-30-34-38-44(49)46-42(41-47)43(48)37-33-29-25-21-12-10-8-6-4-2/h33,37,42-43,47-48H,3-32,34-36,38-41H2,1-2H3,(H,46,49)/b37-33+. The van der Waals surface area contributed by atoms with Crippen molar-refractivity contribution in [2.45, 2.75) is 251 Å². The second-order valence-corrected chi connectivity index (χ2v) is 15.4. The zero-order chi connectivity index (χ0) is 37.3. The molecule has 0 aromatic heterocycles. The Hall–Kier alpha value is -1.40. The molecule has 0 radical (unpaired) electrons. The van der Waals surface area contributed by atoms with E-state index in [-0.39, 0.29) is 18.5 Å². The summed E-state index contributed by atoms with van der Waals surface area (Å²) in [6, 6.07) is -0.635. The number of nitrogens with one attached hydrogen (secondary N) is 1. The van der Waals surface area contributed by atoms with E-state index in [1.165, 1.54) is 154 Å². The van der Waals surface area contributed by atoms with Crippen LogP contribution in [0.15, 0.2) is 12.2 Å². The van der Waals surface area contributed by atoms with Crippen LogP contribution >= 0.6 is 0 Å². The number of ether oxygens (including phenoxy) is 1. The second-order valence-electron chi connectivity index (χ2n) is 15.4. The lowest BCUT2D eigenvalue weighted by Gasteiger charge is -2.20. The number of hydrogen-bond acceptors (Lipinski definition) is 5. The molecule has 0 fully saturated rings. The first kappa shape index (κ1) is 49.6. The highest BCUT2D eigenvalue weighted by Crippen LogP contribution is 2.15. The highest BCUT2D eigenvalue weighted by molar-refractivity contribution is 5.76. The summed E-state index contributed by atoms with van der Waals surface area (Å²) < 4.78 is 5.44. The summed E-state index contributed by atoms with van der Waals surface area (Å²) in [5.41, 5.74) is 0. The van der Waals surface area contributed by atoms with Gasteiger partial charge in [-0.05, 0) is 32.1 Å². The highest BCUT2D eigenvalue weighted by atomic mass is 16.5. The molecule has 6 heteroatoms. The van der Waals surface area contributed by atoms with E-state index in [0.29, 0.717) is 19.4 Å². The summed E-state index contributed by atoms with van der Waals surface area (Å²) in [5, 5.41) is 22.8. The Morgan fingerprint density at radius 3 is 1.33 bits per heavy atom. The molecule has 0 saturated heterocycles. The molecule has 0 aromatic carbocycles. The SMILES string of the molecule is CCCCCCCCC/C=C/C(O)C(CO)NC(=O)CCCCCCCCCCCCCCOC(=O)CCCCCCCCCCCCCCC. The second kappa shape index (κ2) is 41.4. The van der Waals surface area contributed by atoms with E-state index in [2.05, 4.69) is 19.2 Å². The number of carbonyl (C=O) groups excluding carboxylic acids is 2. The van der Waals surface area contributed by atoms with Crippen molar-refractivity contribution in [1.29, 1.82) is 0 Å². The summed E-state index contributed by atoms with van der Waals surface area (Å²) in [6.45, 7) is 4.83. The number of hydrogen-bond donors (Lipinski definition) is 3. The van der Waals surface area contributed by atoms with E-state index in [9.17, 15) is 19.8 Å². The molecule has 51 heavy (non-hydrogen) atoms. The summed E-state index contributed by atoms with van der Waals surface area (Å²) in [6.07, 6.45) is 44.8. The van der Waals surface area contributed by atoms with Gasteiger partial charge in [0, 0.05) is 12.8 Å². The van der Waals surface area contributed by atoms with Gasteiger partial charge in [0.05, 0.1) is 25.4 Å². The number of carbonyl (C=O) groups is 2. The lowest BCUT2D eigenvalue weighted by atomic mass is 10.0. The predicted octanol–water partition coefficient (Wildman–Crippen LogP) is 12.6. The van der Waals surface area contributed by atoms with E-state index in [0.717, 1.165) is 57.8 Å². The van der Waals surface area contributed by atoms with Crippen LogP contribution in [0.2, 0.25) is 0 Å². The van der Waals surface area contributed by atoms with E-state index >= 15 is 0 Å². The molecule has 0 aliphatic carbocycles. The maximum atomic E-state index is 12.3.